The van der Waals surface area contributed by atoms with Crippen LogP contribution in [0.25, 0.3) is 5.69 Å². The van der Waals surface area contributed by atoms with Gasteiger partial charge >= 0.3 is 0 Å². The monoisotopic (exact) mass is 275 g/mol. The smallest absolute Gasteiger partial charge is 0.181 e. The molecule has 5 nitrogen and oxygen atoms in total. The molecule has 3 atom stereocenters. The van der Waals surface area contributed by atoms with E-state index in [2.05, 4.69) is 15.4 Å². The number of hydrogen-bond donors (Lipinski definition) is 1. The van der Waals surface area contributed by atoms with Crippen molar-refractivity contribution >= 4 is 11.6 Å². The van der Waals surface area contributed by atoms with E-state index in [1.54, 1.807) is 4.80 Å². The number of halogens is 1. The van der Waals surface area contributed by atoms with Crippen LogP contribution in [0, 0.1) is 5.92 Å². The first-order chi connectivity index (χ1) is 9.19. The SMILES string of the molecule is NC1CC2(c3nnn(-c4ccc(Cl)cc4)n3)CCC12. The van der Waals surface area contributed by atoms with Crippen LogP contribution in [0.15, 0.2) is 24.3 Å². The van der Waals surface area contributed by atoms with E-state index in [0.717, 1.165) is 24.4 Å². The highest BCUT2D eigenvalue weighted by Gasteiger charge is 2.61. The van der Waals surface area contributed by atoms with Gasteiger partial charge in [0.1, 0.15) is 0 Å². The van der Waals surface area contributed by atoms with Gasteiger partial charge in [0.2, 0.25) is 0 Å². The number of fused-ring (bicyclic) bond motifs is 1. The van der Waals surface area contributed by atoms with Gasteiger partial charge in [0.15, 0.2) is 5.82 Å². The lowest BCUT2D eigenvalue weighted by atomic mass is 9.45. The van der Waals surface area contributed by atoms with Gasteiger partial charge in [-0.1, -0.05) is 11.6 Å². The molecule has 0 radical (unpaired) electrons. The van der Waals surface area contributed by atoms with Crippen molar-refractivity contribution < 1.29 is 0 Å². The van der Waals surface area contributed by atoms with Crippen LogP contribution in [-0.4, -0.2) is 26.2 Å². The highest BCUT2D eigenvalue weighted by Crippen LogP contribution is 2.60. The third-order valence-corrected chi connectivity index (χ3v) is 4.90. The number of nitrogens with two attached hydrogens (primary N) is 1. The summed E-state index contributed by atoms with van der Waals surface area (Å²) in [5.41, 5.74) is 7.01. The number of benzene rings is 1. The molecule has 6 heteroatoms. The molecule has 2 N–H and O–H groups in total. The Kier molecular flexibility index (Phi) is 2.26. The van der Waals surface area contributed by atoms with Gasteiger partial charge < -0.3 is 5.73 Å². The maximum atomic E-state index is 6.02. The largest absolute Gasteiger partial charge is 0.327 e. The van der Waals surface area contributed by atoms with E-state index in [4.69, 9.17) is 17.3 Å². The number of rotatable bonds is 2. The van der Waals surface area contributed by atoms with Gasteiger partial charge in [-0.15, -0.1) is 15.0 Å². The lowest BCUT2D eigenvalue weighted by Gasteiger charge is -2.60. The number of tetrazole rings is 1. The molecule has 3 unspecified atom stereocenters. The summed E-state index contributed by atoms with van der Waals surface area (Å²) in [5.74, 6) is 1.40. The highest BCUT2D eigenvalue weighted by molar-refractivity contribution is 6.30. The topological polar surface area (TPSA) is 69.6 Å². The fraction of sp³-hybridized carbons (Fsp3) is 0.462. The van der Waals surface area contributed by atoms with Crippen molar-refractivity contribution in [3.8, 4) is 5.69 Å². The zero-order valence-corrected chi connectivity index (χ0v) is 11.1. The average molecular weight is 276 g/mol. The standard InChI is InChI=1S/C13H14ClN5/c14-8-1-3-9(4-2-8)19-17-12(16-18-19)13-6-5-10(13)11(15)7-13/h1-4,10-11H,5-7,15H2. The van der Waals surface area contributed by atoms with E-state index >= 15 is 0 Å². The summed E-state index contributed by atoms with van der Waals surface area (Å²) in [6.07, 6.45) is 3.32. The number of nitrogens with zero attached hydrogens (tertiary/aromatic N) is 4. The van der Waals surface area contributed by atoms with Gasteiger partial charge in [-0.25, -0.2) is 0 Å². The van der Waals surface area contributed by atoms with Gasteiger partial charge in [-0.2, -0.15) is 0 Å². The van der Waals surface area contributed by atoms with Crippen molar-refractivity contribution in [3.05, 3.63) is 35.1 Å². The molecular weight excluding hydrogens is 262 g/mol. The van der Waals surface area contributed by atoms with Crippen LogP contribution in [0.3, 0.4) is 0 Å². The Morgan fingerprint density at radius 2 is 2.11 bits per heavy atom. The summed E-state index contributed by atoms with van der Waals surface area (Å²) >= 11 is 5.87. The van der Waals surface area contributed by atoms with Gasteiger partial charge in [0.25, 0.3) is 0 Å². The molecule has 0 spiro atoms. The average Bonchev–Trinajstić information content (AvgIpc) is 2.85. The van der Waals surface area contributed by atoms with Gasteiger partial charge in [0, 0.05) is 16.5 Å². The van der Waals surface area contributed by atoms with Crippen LogP contribution in [0.2, 0.25) is 5.02 Å². The Balaban J connectivity index is 1.65. The molecule has 2 aliphatic rings. The first-order valence-corrected chi connectivity index (χ1v) is 6.89. The fourth-order valence-corrected chi connectivity index (χ4v) is 3.53. The van der Waals surface area contributed by atoms with Gasteiger partial charge in [-0.05, 0) is 54.7 Å². The summed E-state index contributed by atoms with van der Waals surface area (Å²) in [6.45, 7) is 0. The van der Waals surface area contributed by atoms with E-state index in [-0.39, 0.29) is 5.41 Å². The Labute approximate surface area is 115 Å². The van der Waals surface area contributed by atoms with Crippen molar-refractivity contribution in [2.75, 3.05) is 0 Å². The van der Waals surface area contributed by atoms with Gasteiger partial charge in [-0.3, -0.25) is 0 Å². The summed E-state index contributed by atoms with van der Waals surface area (Å²) in [5, 5.41) is 13.6. The summed E-state index contributed by atoms with van der Waals surface area (Å²) < 4.78 is 0. The van der Waals surface area contributed by atoms with Crippen molar-refractivity contribution in [3.63, 3.8) is 0 Å². The lowest BCUT2D eigenvalue weighted by Crippen LogP contribution is -2.65. The normalized spacial score (nSPS) is 32.3. The molecule has 2 aromatic rings. The van der Waals surface area contributed by atoms with E-state index < -0.39 is 0 Å². The Morgan fingerprint density at radius 1 is 1.32 bits per heavy atom. The van der Waals surface area contributed by atoms with E-state index in [1.807, 2.05) is 24.3 Å². The van der Waals surface area contributed by atoms with Crippen molar-refractivity contribution in [1.82, 2.24) is 20.2 Å². The molecular formula is C13H14ClN5. The second-order valence-electron chi connectivity index (χ2n) is 5.55. The van der Waals surface area contributed by atoms with Crippen LogP contribution >= 0.6 is 11.6 Å². The maximum Gasteiger partial charge on any atom is 0.181 e. The zero-order valence-electron chi connectivity index (χ0n) is 10.3. The minimum atomic E-state index is 0.115. The quantitative estimate of drug-likeness (QED) is 0.906. The van der Waals surface area contributed by atoms with E-state index in [1.165, 1.54) is 6.42 Å². The second-order valence-corrected chi connectivity index (χ2v) is 5.98. The maximum absolute atomic E-state index is 6.02. The minimum absolute atomic E-state index is 0.115. The Hall–Kier alpha value is -1.46. The molecule has 98 valence electrons. The first-order valence-electron chi connectivity index (χ1n) is 6.51. The van der Waals surface area contributed by atoms with Crippen LogP contribution in [0.1, 0.15) is 25.1 Å². The van der Waals surface area contributed by atoms with Crippen molar-refractivity contribution in [2.45, 2.75) is 30.7 Å². The molecule has 1 heterocycles. The number of aromatic nitrogens is 4. The molecule has 1 aromatic carbocycles. The predicted molar refractivity (Wildman–Crippen MR) is 71.2 cm³/mol. The predicted octanol–water partition coefficient (Wildman–Crippen LogP) is 1.69. The van der Waals surface area contributed by atoms with Crippen LogP contribution in [-0.2, 0) is 5.41 Å². The summed E-state index contributed by atoms with van der Waals surface area (Å²) in [7, 11) is 0. The fourth-order valence-electron chi connectivity index (χ4n) is 3.41. The molecule has 0 amide bonds. The lowest BCUT2D eigenvalue weighted by molar-refractivity contribution is -0.0263. The molecule has 0 aliphatic heterocycles. The van der Waals surface area contributed by atoms with Gasteiger partial charge in [0.05, 0.1) is 5.69 Å². The van der Waals surface area contributed by atoms with Crippen LogP contribution in [0.5, 0.6) is 0 Å². The van der Waals surface area contributed by atoms with Crippen LogP contribution < -0.4 is 5.73 Å². The molecule has 2 aliphatic carbocycles. The third-order valence-electron chi connectivity index (χ3n) is 4.64. The van der Waals surface area contributed by atoms with E-state index in [9.17, 15) is 0 Å². The summed E-state index contributed by atoms with van der Waals surface area (Å²) in [6, 6.07) is 7.73. The molecule has 2 fully saturated rings. The minimum Gasteiger partial charge on any atom is -0.327 e. The van der Waals surface area contributed by atoms with Crippen molar-refractivity contribution in [2.24, 2.45) is 11.7 Å². The van der Waals surface area contributed by atoms with Crippen LogP contribution in [0.4, 0.5) is 0 Å². The molecule has 0 saturated heterocycles. The Morgan fingerprint density at radius 3 is 2.68 bits per heavy atom. The zero-order chi connectivity index (χ0) is 13.0. The van der Waals surface area contributed by atoms with E-state index in [0.29, 0.717) is 17.0 Å². The number of hydrogen-bond acceptors (Lipinski definition) is 4. The second kappa shape index (κ2) is 3.77. The third kappa shape index (κ3) is 1.48. The summed E-state index contributed by atoms with van der Waals surface area (Å²) in [4.78, 5) is 1.57. The Bertz CT molecular complexity index is 622. The first kappa shape index (κ1) is 11.4. The molecule has 4 rings (SSSR count). The molecule has 19 heavy (non-hydrogen) atoms. The molecule has 2 saturated carbocycles. The highest BCUT2D eigenvalue weighted by atomic mass is 35.5. The molecule has 1 aromatic heterocycles. The van der Waals surface area contributed by atoms with Crippen molar-refractivity contribution in [1.29, 1.82) is 0 Å². The molecule has 0 bridgehead atoms.